The van der Waals surface area contributed by atoms with Crippen LogP contribution in [0.2, 0.25) is 0 Å². The molecule has 4 nitrogen and oxygen atoms in total. The molecule has 4 heteroatoms. The van der Waals surface area contributed by atoms with Gasteiger partial charge in [0.2, 0.25) is 0 Å². The van der Waals surface area contributed by atoms with Gasteiger partial charge in [-0.25, -0.2) is 15.0 Å². The number of amidine groups is 1. The summed E-state index contributed by atoms with van der Waals surface area (Å²) in [5, 5.41) is 0. The van der Waals surface area contributed by atoms with E-state index in [2.05, 4.69) is 15.0 Å². The Morgan fingerprint density at radius 2 is 2.29 bits per heavy atom. The van der Waals surface area contributed by atoms with Gasteiger partial charge in [-0.3, -0.25) is 0 Å². The molecule has 0 atom stereocenters. The maximum atomic E-state index is 5.23. The lowest BCUT2D eigenvalue weighted by molar-refractivity contribution is 0.872. The minimum absolute atomic E-state index is 0.233. The van der Waals surface area contributed by atoms with Crippen molar-refractivity contribution in [3.05, 3.63) is 24.4 Å². The van der Waals surface area contributed by atoms with E-state index in [1.54, 1.807) is 6.20 Å². The summed E-state index contributed by atoms with van der Waals surface area (Å²) in [5.41, 5.74) is 5.23. The fourth-order valence-corrected chi connectivity index (χ4v) is 0.921. The summed E-state index contributed by atoms with van der Waals surface area (Å²) in [6.07, 6.45) is 2.95. The monoisotopic (exact) mass is 190 g/mol. The quantitative estimate of drug-likeness (QED) is 0.570. The molecule has 0 bridgehead atoms. The molecule has 0 radical (unpaired) electrons. The van der Waals surface area contributed by atoms with E-state index in [9.17, 15) is 0 Å². The van der Waals surface area contributed by atoms with E-state index in [0.717, 1.165) is 0 Å². The average molecular weight is 190 g/mol. The van der Waals surface area contributed by atoms with Crippen molar-refractivity contribution in [2.24, 2.45) is 21.6 Å². The van der Waals surface area contributed by atoms with Gasteiger partial charge < -0.3 is 5.73 Å². The van der Waals surface area contributed by atoms with E-state index in [1.807, 2.05) is 32.0 Å². The van der Waals surface area contributed by atoms with Crippen molar-refractivity contribution in [3.8, 4) is 0 Å². The number of hydrogen-bond acceptors (Lipinski definition) is 2. The Balaban J connectivity index is 2.94. The number of aliphatic imine (C=N–C) groups is 2. The standard InChI is InChI=1S/C10H14N4/c1-8(2)10(13-7-11)14-9-5-3-4-6-12-9/h3-8H,1-2H3,(H2,11,12,13,14). The summed E-state index contributed by atoms with van der Waals surface area (Å²) in [6.45, 7) is 4.02. The van der Waals surface area contributed by atoms with Crippen molar-refractivity contribution < 1.29 is 0 Å². The number of nitrogens with two attached hydrogens (primary N) is 1. The SMILES string of the molecule is CC(C)C(N=CN)=Nc1ccccn1. The van der Waals surface area contributed by atoms with Gasteiger partial charge in [-0.2, -0.15) is 0 Å². The Morgan fingerprint density at radius 3 is 2.79 bits per heavy atom. The maximum Gasteiger partial charge on any atom is 0.153 e. The summed E-state index contributed by atoms with van der Waals surface area (Å²) >= 11 is 0. The summed E-state index contributed by atoms with van der Waals surface area (Å²) in [6, 6.07) is 5.56. The molecule has 2 N–H and O–H groups in total. The number of rotatable bonds is 2. The zero-order valence-electron chi connectivity index (χ0n) is 8.38. The van der Waals surface area contributed by atoms with Gasteiger partial charge in [0.15, 0.2) is 5.82 Å². The molecule has 0 aliphatic rings. The van der Waals surface area contributed by atoms with Crippen molar-refractivity contribution in [3.63, 3.8) is 0 Å². The normalized spacial score (nSPS) is 12.6. The molecule has 0 unspecified atom stereocenters. The molecule has 0 aromatic carbocycles. The number of hydrogen-bond donors (Lipinski definition) is 1. The van der Waals surface area contributed by atoms with Crippen molar-refractivity contribution in [1.82, 2.24) is 4.98 Å². The van der Waals surface area contributed by atoms with Gasteiger partial charge in [0.25, 0.3) is 0 Å². The molecule has 74 valence electrons. The number of aromatic nitrogens is 1. The zero-order chi connectivity index (χ0) is 10.4. The summed E-state index contributed by atoms with van der Waals surface area (Å²) in [7, 11) is 0. The molecule has 1 aromatic rings. The lowest BCUT2D eigenvalue weighted by atomic mass is 10.2. The Bertz CT molecular complexity index is 327. The fourth-order valence-electron chi connectivity index (χ4n) is 0.921. The smallest absolute Gasteiger partial charge is 0.153 e. The van der Waals surface area contributed by atoms with Crippen molar-refractivity contribution in [2.45, 2.75) is 13.8 Å². The first-order chi connectivity index (χ1) is 6.74. The molecule has 0 spiro atoms. The molecule has 14 heavy (non-hydrogen) atoms. The third kappa shape index (κ3) is 2.97. The van der Waals surface area contributed by atoms with E-state index in [1.165, 1.54) is 6.34 Å². The van der Waals surface area contributed by atoms with Gasteiger partial charge in [0.05, 0.1) is 6.34 Å². The molecular weight excluding hydrogens is 176 g/mol. The second kappa shape index (κ2) is 5.11. The highest BCUT2D eigenvalue weighted by Crippen LogP contribution is 2.09. The lowest BCUT2D eigenvalue weighted by Gasteiger charge is -2.02. The van der Waals surface area contributed by atoms with E-state index in [0.29, 0.717) is 11.7 Å². The van der Waals surface area contributed by atoms with Crippen LogP contribution in [0, 0.1) is 5.92 Å². The summed E-state index contributed by atoms with van der Waals surface area (Å²) < 4.78 is 0. The predicted molar refractivity (Wildman–Crippen MR) is 58.8 cm³/mol. The van der Waals surface area contributed by atoms with Gasteiger partial charge in [-0.05, 0) is 12.1 Å². The maximum absolute atomic E-state index is 5.23. The molecule has 0 aliphatic carbocycles. The Kier molecular flexibility index (Phi) is 3.79. The van der Waals surface area contributed by atoms with Crippen molar-refractivity contribution in [2.75, 3.05) is 0 Å². The predicted octanol–water partition coefficient (Wildman–Crippen LogP) is 1.75. The molecule has 0 saturated carbocycles. The molecule has 0 saturated heterocycles. The minimum atomic E-state index is 0.233. The van der Waals surface area contributed by atoms with Crippen LogP contribution in [0.1, 0.15) is 13.8 Å². The van der Waals surface area contributed by atoms with Gasteiger partial charge in [-0.1, -0.05) is 19.9 Å². The topological polar surface area (TPSA) is 63.6 Å². The van der Waals surface area contributed by atoms with Gasteiger partial charge in [0.1, 0.15) is 5.84 Å². The number of pyridine rings is 1. The number of nitrogens with zero attached hydrogens (tertiary/aromatic N) is 3. The molecule has 1 heterocycles. The summed E-state index contributed by atoms with van der Waals surface area (Å²) in [5.74, 6) is 1.57. The molecule has 1 aromatic heterocycles. The van der Waals surface area contributed by atoms with Crippen LogP contribution in [0.3, 0.4) is 0 Å². The van der Waals surface area contributed by atoms with Crippen LogP contribution in [-0.4, -0.2) is 17.2 Å². The second-order valence-corrected chi connectivity index (χ2v) is 3.09. The van der Waals surface area contributed by atoms with Crippen LogP contribution in [0.5, 0.6) is 0 Å². The van der Waals surface area contributed by atoms with Gasteiger partial charge >= 0.3 is 0 Å². The molecular formula is C10H14N4. The second-order valence-electron chi connectivity index (χ2n) is 3.09. The fraction of sp³-hybridized carbons (Fsp3) is 0.300. The van der Waals surface area contributed by atoms with Crippen LogP contribution in [-0.2, 0) is 0 Å². The highest BCUT2D eigenvalue weighted by molar-refractivity contribution is 5.91. The highest BCUT2D eigenvalue weighted by Gasteiger charge is 2.02. The van der Waals surface area contributed by atoms with Crippen LogP contribution >= 0.6 is 0 Å². The Hall–Kier alpha value is -1.71. The third-order valence-electron chi connectivity index (χ3n) is 1.60. The highest BCUT2D eigenvalue weighted by atomic mass is 15.0. The zero-order valence-corrected chi connectivity index (χ0v) is 8.38. The minimum Gasteiger partial charge on any atom is -0.390 e. The first kappa shape index (κ1) is 10.4. The lowest BCUT2D eigenvalue weighted by Crippen LogP contribution is -2.06. The van der Waals surface area contributed by atoms with E-state index in [4.69, 9.17) is 5.73 Å². The molecule has 0 aliphatic heterocycles. The molecule has 1 rings (SSSR count). The third-order valence-corrected chi connectivity index (χ3v) is 1.60. The Morgan fingerprint density at radius 1 is 1.50 bits per heavy atom. The van der Waals surface area contributed by atoms with Crippen LogP contribution in [0.25, 0.3) is 0 Å². The van der Waals surface area contributed by atoms with E-state index < -0.39 is 0 Å². The van der Waals surface area contributed by atoms with Gasteiger partial charge in [0, 0.05) is 12.1 Å². The van der Waals surface area contributed by atoms with Gasteiger partial charge in [-0.15, -0.1) is 0 Å². The Labute approximate surface area is 83.6 Å². The first-order valence-corrected chi connectivity index (χ1v) is 4.48. The van der Waals surface area contributed by atoms with Crippen molar-refractivity contribution in [1.29, 1.82) is 0 Å². The van der Waals surface area contributed by atoms with Crippen LogP contribution < -0.4 is 5.73 Å². The largest absolute Gasteiger partial charge is 0.390 e. The van der Waals surface area contributed by atoms with Crippen LogP contribution in [0.15, 0.2) is 34.4 Å². The first-order valence-electron chi connectivity index (χ1n) is 4.48. The summed E-state index contributed by atoms with van der Waals surface area (Å²) in [4.78, 5) is 12.3. The van der Waals surface area contributed by atoms with E-state index in [-0.39, 0.29) is 5.92 Å². The molecule has 0 fully saturated rings. The molecule has 0 amide bonds. The van der Waals surface area contributed by atoms with Crippen molar-refractivity contribution >= 4 is 18.0 Å². The van der Waals surface area contributed by atoms with Crippen LogP contribution in [0.4, 0.5) is 5.82 Å². The van der Waals surface area contributed by atoms with E-state index >= 15 is 0 Å². The average Bonchev–Trinajstić information content (AvgIpc) is 2.18.